The monoisotopic (exact) mass is 306 g/mol. The van der Waals surface area contributed by atoms with Crippen LogP contribution in [0.5, 0.6) is 0 Å². The van der Waals surface area contributed by atoms with E-state index in [-0.39, 0.29) is 5.41 Å². The summed E-state index contributed by atoms with van der Waals surface area (Å²) in [7, 11) is 1.99. The molecule has 2 rings (SSSR count). The van der Waals surface area contributed by atoms with Crippen LogP contribution in [0, 0.1) is 0 Å². The van der Waals surface area contributed by atoms with Crippen molar-refractivity contribution in [2.24, 2.45) is 0 Å². The normalized spacial score (nSPS) is 11.8. The van der Waals surface area contributed by atoms with E-state index < -0.39 is 0 Å². The molecule has 0 unspecified atom stereocenters. The van der Waals surface area contributed by atoms with Gasteiger partial charge < -0.3 is 5.32 Å². The maximum absolute atomic E-state index is 4.90. The van der Waals surface area contributed by atoms with Gasteiger partial charge in [0.25, 0.3) is 0 Å². The van der Waals surface area contributed by atoms with Gasteiger partial charge in [0.2, 0.25) is 0 Å². The second-order valence-electron chi connectivity index (χ2n) is 5.80. The highest BCUT2D eigenvalue weighted by Crippen LogP contribution is 2.34. The number of hydrogen-bond donors (Lipinski definition) is 1. The second kappa shape index (κ2) is 6.29. The van der Waals surface area contributed by atoms with Gasteiger partial charge in [-0.05, 0) is 25.4 Å². The first-order valence-electron chi connectivity index (χ1n) is 6.75. The molecule has 0 aliphatic carbocycles. The van der Waals surface area contributed by atoms with Gasteiger partial charge in [0, 0.05) is 27.3 Å². The van der Waals surface area contributed by atoms with Crippen molar-refractivity contribution in [3.05, 3.63) is 34.8 Å². The minimum Gasteiger partial charge on any atom is -0.315 e. The SMILES string of the molecule is CNCc1sc(-c2ccc(SC)cc2)nc1C(C)(C)C. The lowest BCUT2D eigenvalue weighted by molar-refractivity contribution is 0.563. The summed E-state index contributed by atoms with van der Waals surface area (Å²) in [6.07, 6.45) is 2.10. The third kappa shape index (κ3) is 3.43. The van der Waals surface area contributed by atoms with E-state index in [9.17, 15) is 0 Å². The van der Waals surface area contributed by atoms with Crippen LogP contribution in [0.2, 0.25) is 0 Å². The van der Waals surface area contributed by atoms with E-state index >= 15 is 0 Å². The van der Waals surface area contributed by atoms with Crippen LogP contribution in [0.1, 0.15) is 31.3 Å². The number of rotatable bonds is 4. The molecule has 0 amide bonds. The third-order valence-electron chi connectivity index (χ3n) is 3.08. The summed E-state index contributed by atoms with van der Waals surface area (Å²) in [4.78, 5) is 7.52. The maximum atomic E-state index is 4.90. The van der Waals surface area contributed by atoms with E-state index in [0.717, 1.165) is 11.6 Å². The van der Waals surface area contributed by atoms with E-state index in [1.54, 1.807) is 23.1 Å². The average Bonchev–Trinajstić information content (AvgIpc) is 2.83. The molecule has 0 aliphatic rings. The van der Waals surface area contributed by atoms with Crippen molar-refractivity contribution >= 4 is 23.1 Å². The Kier molecular flexibility index (Phi) is 4.89. The minimum absolute atomic E-state index is 0.0835. The van der Waals surface area contributed by atoms with E-state index in [0.29, 0.717) is 0 Å². The van der Waals surface area contributed by atoms with Gasteiger partial charge in [0.1, 0.15) is 5.01 Å². The summed E-state index contributed by atoms with van der Waals surface area (Å²) in [5.74, 6) is 0. The third-order valence-corrected chi connectivity index (χ3v) is 4.93. The molecule has 1 N–H and O–H groups in total. The lowest BCUT2D eigenvalue weighted by atomic mass is 9.91. The largest absolute Gasteiger partial charge is 0.315 e. The molecule has 0 bridgehead atoms. The Bertz CT molecular complexity index is 565. The maximum Gasteiger partial charge on any atom is 0.123 e. The first-order chi connectivity index (χ1) is 9.45. The molecule has 2 aromatic rings. The van der Waals surface area contributed by atoms with Crippen LogP contribution < -0.4 is 5.32 Å². The molecule has 1 aromatic heterocycles. The lowest BCUT2D eigenvalue weighted by Gasteiger charge is -2.17. The van der Waals surface area contributed by atoms with E-state index in [1.807, 2.05) is 7.05 Å². The van der Waals surface area contributed by atoms with Gasteiger partial charge >= 0.3 is 0 Å². The molecule has 1 heterocycles. The molecule has 0 saturated carbocycles. The zero-order valence-electron chi connectivity index (χ0n) is 12.8. The number of thioether (sulfide) groups is 1. The van der Waals surface area contributed by atoms with Crippen molar-refractivity contribution in [2.45, 2.75) is 37.6 Å². The molecule has 2 nitrogen and oxygen atoms in total. The molecule has 0 radical (unpaired) electrons. The fourth-order valence-corrected chi connectivity index (χ4v) is 3.77. The van der Waals surface area contributed by atoms with Crippen LogP contribution in [0.4, 0.5) is 0 Å². The number of nitrogens with one attached hydrogen (secondary N) is 1. The van der Waals surface area contributed by atoms with Crippen molar-refractivity contribution < 1.29 is 0 Å². The van der Waals surface area contributed by atoms with Gasteiger partial charge in [0.05, 0.1) is 5.69 Å². The summed E-state index contributed by atoms with van der Waals surface area (Å²) in [6.45, 7) is 7.55. The molecule has 108 valence electrons. The van der Waals surface area contributed by atoms with Gasteiger partial charge in [-0.2, -0.15) is 0 Å². The summed E-state index contributed by atoms with van der Waals surface area (Å²) in [5.41, 5.74) is 2.50. The van der Waals surface area contributed by atoms with E-state index in [4.69, 9.17) is 4.98 Å². The molecule has 0 spiro atoms. The van der Waals surface area contributed by atoms with Gasteiger partial charge in [-0.15, -0.1) is 23.1 Å². The molecule has 0 aliphatic heterocycles. The highest BCUT2D eigenvalue weighted by molar-refractivity contribution is 7.98. The number of aromatic nitrogens is 1. The zero-order chi connectivity index (χ0) is 14.8. The minimum atomic E-state index is 0.0835. The summed E-state index contributed by atoms with van der Waals surface area (Å²) < 4.78 is 0. The molecule has 0 saturated heterocycles. The van der Waals surface area contributed by atoms with Crippen molar-refractivity contribution in [1.82, 2.24) is 10.3 Å². The fourth-order valence-electron chi connectivity index (χ4n) is 2.08. The van der Waals surface area contributed by atoms with Crippen LogP contribution in [0.15, 0.2) is 29.2 Å². The predicted molar refractivity (Wildman–Crippen MR) is 90.8 cm³/mol. The van der Waals surface area contributed by atoms with Crippen molar-refractivity contribution in [3.63, 3.8) is 0 Å². The van der Waals surface area contributed by atoms with E-state index in [2.05, 4.69) is 56.6 Å². The zero-order valence-corrected chi connectivity index (χ0v) is 14.4. The fraction of sp³-hybridized carbons (Fsp3) is 0.438. The van der Waals surface area contributed by atoms with Crippen molar-refractivity contribution in [1.29, 1.82) is 0 Å². The van der Waals surface area contributed by atoms with Crippen LogP contribution in [0.25, 0.3) is 10.6 Å². The van der Waals surface area contributed by atoms with Crippen molar-refractivity contribution in [3.8, 4) is 10.6 Å². The first kappa shape index (κ1) is 15.5. The number of benzene rings is 1. The Balaban J connectivity index is 2.41. The lowest BCUT2D eigenvalue weighted by Crippen LogP contribution is -2.16. The predicted octanol–water partition coefficient (Wildman–Crippen LogP) is 4.55. The van der Waals surface area contributed by atoms with Gasteiger partial charge in [-0.1, -0.05) is 32.9 Å². The molecular formula is C16H22N2S2. The van der Waals surface area contributed by atoms with E-state index in [1.165, 1.54) is 21.0 Å². The molecule has 0 fully saturated rings. The summed E-state index contributed by atoms with van der Waals surface area (Å²) in [6, 6.07) is 8.66. The topological polar surface area (TPSA) is 24.9 Å². The summed E-state index contributed by atoms with van der Waals surface area (Å²) in [5, 5.41) is 4.36. The Hall–Kier alpha value is -0.840. The Morgan fingerprint density at radius 3 is 2.35 bits per heavy atom. The Morgan fingerprint density at radius 2 is 1.85 bits per heavy atom. The number of hydrogen-bond acceptors (Lipinski definition) is 4. The number of thiazole rings is 1. The highest BCUT2D eigenvalue weighted by Gasteiger charge is 2.23. The van der Waals surface area contributed by atoms with Crippen LogP contribution in [0.3, 0.4) is 0 Å². The smallest absolute Gasteiger partial charge is 0.123 e. The summed E-state index contributed by atoms with van der Waals surface area (Å²) >= 11 is 3.56. The van der Waals surface area contributed by atoms with Crippen LogP contribution in [-0.2, 0) is 12.0 Å². The van der Waals surface area contributed by atoms with Crippen molar-refractivity contribution in [2.75, 3.05) is 13.3 Å². The molecule has 4 heteroatoms. The Morgan fingerprint density at radius 1 is 1.20 bits per heavy atom. The molecule has 1 aromatic carbocycles. The average molecular weight is 307 g/mol. The quantitative estimate of drug-likeness (QED) is 0.839. The Labute approximate surface area is 130 Å². The van der Waals surface area contributed by atoms with Gasteiger partial charge in [-0.3, -0.25) is 0 Å². The first-order valence-corrected chi connectivity index (χ1v) is 8.79. The number of nitrogens with zero attached hydrogens (tertiary/aromatic N) is 1. The molecular weight excluding hydrogens is 284 g/mol. The molecule has 0 atom stereocenters. The second-order valence-corrected chi connectivity index (χ2v) is 7.76. The standard InChI is InChI=1S/C16H22N2S2/c1-16(2,3)14-13(10-17-4)20-15(18-14)11-6-8-12(19-5)9-7-11/h6-9,17H,10H2,1-5H3. The highest BCUT2D eigenvalue weighted by atomic mass is 32.2. The van der Waals surface area contributed by atoms with Gasteiger partial charge in [-0.25, -0.2) is 4.98 Å². The van der Waals surface area contributed by atoms with Crippen LogP contribution >= 0.6 is 23.1 Å². The van der Waals surface area contributed by atoms with Gasteiger partial charge in [0.15, 0.2) is 0 Å². The van der Waals surface area contributed by atoms with Crippen LogP contribution in [-0.4, -0.2) is 18.3 Å². The molecule has 20 heavy (non-hydrogen) atoms.